The molecule has 1 saturated heterocycles. The molecule has 8 heteroatoms. The maximum atomic E-state index is 9.57. The van der Waals surface area contributed by atoms with Crippen LogP contribution in [0.3, 0.4) is 0 Å². The van der Waals surface area contributed by atoms with Gasteiger partial charge >= 0.3 is 0 Å². The van der Waals surface area contributed by atoms with Gasteiger partial charge in [-0.05, 0) is 24.4 Å². The summed E-state index contributed by atoms with van der Waals surface area (Å²) in [6.07, 6.45) is 4.94. The van der Waals surface area contributed by atoms with Crippen molar-refractivity contribution in [2.24, 2.45) is 7.05 Å². The molecule has 1 aliphatic rings. The lowest BCUT2D eigenvalue weighted by molar-refractivity contribution is 0.145. The lowest BCUT2D eigenvalue weighted by Crippen LogP contribution is -2.36. The largest absolute Gasteiger partial charge is 0.393 e. The van der Waals surface area contributed by atoms with Crippen LogP contribution in [-0.4, -0.2) is 44.0 Å². The number of hydrogen-bond donors (Lipinski definition) is 1. The van der Waals surface area contributed by atoms with Gasteiger partial charge in [-0.25, -0.2) is 9.97 Å². The Bertz CT molecular complexity index is 610. The molecule has 6 nitrogen and oxygen atoms in total. The summed E-state index contributed by atoms with van der Waals surface area (Å²) in [6, 6.07) is 1.92. The van der Waals surface area contributed by atoms with Crippen LogP contribution in [0.25, 0.3) is 11.3 Å². The number of piperidine rings is 1. The third-order valence-electron chi connectivity index (χ3n) is 3.47. The Hall–Kier alpha value is -1.37. The van der Waals surface area contributed by atoms with Crippen molar-refractivity contribution in [1.29, 1.82) is 0 Å². The van der Waals surface area contributed by atoms with E-state index in [-0.39, 0.29) is 23.8 Å². The van der Waals surface area contributed by atoms with Crippen molar-refractivity contribution in [3.63, 3.8) is 0 Å². The summed E-state index contributed by atoms with van der Waals surface area (Å²) < 4.78 is 1.72. The minimum atomic E-state index is -0.207. The zero-order chi connectivity index (χ0) is 14.1. The molecule has 0 amide bonds. The molecule has 0 unspecified atom stereocenters. The molecule has 114 valence electrons. The average molecular weight is 330 g/mol. The summed E-state index contributed by atoms with van der Waals surface area (Å²) in [7, 11) is 1.86. The van der Waals surface area contributed by atoms with E-state index in [1.807, 2.05) is 19.3 Å². The van der Waals surface area contributed by atoms with Crippen LogP contribution in [0, 0.1) is 0 Å². The third kappa shape index (κ3) is 3.64. The van der Waals surface area contributed by atoms with Crippen molar-refractivity contribution in [1.82, 2.24) is 19.7 Å². The number of anilines is 1. The number of rotatable bonds is 2. The fourth-order valence-electron chi connectivity index (χ4n) is 2.36. The van der Waals surface area contributed by atoms with Crippen LogP contribution in [0.15, 0.2) is 18.5 Å². The molecule has 0 bridgehead atoms. The number of hydrogen-bond acceptors (Lipinski definition) is 5. The van der Waals surface area contributed by atoms with E-state index >= 15 is 0 Å². The molecule has 1 N–H and O–H groups in total. The summed E-state index contributed by atoms with van der Waals surface area (Å²) in [6.45, 7) is 1.56. The van der Waals surface area contributed by atoms with Gasteiger partial charge < -0.3 is 10.0 Å². The van der Waals surface area contributed by atoms with Gasteiger partial charge in [-0.15, -0.1) is 12.4 Å². The van der Waals surface area contributed by atoms with Crippen molar-refractivity contribution in [3.8, 4) is 11.3 Å². The van der Waals surface area contributed by atoms with Crippen molar-refractivity contribution < 1.29 is 5.11 Å². The molecule has 2 aromatic rings. The molecule has 0 aromatic carbocycles. The highest BCUT2D eigenvalue weighted by molar-refractivity contribution is 6.28. The van der Waals surface area contributed by atoms with E-state index in [0.29, 0.717) is 0 Å². The standard InChI is InChI=1S/C13H16ClN5O.ClH/c1-18-8-9(7-15-18)11-6-12(17-13(14)16-11)19-4-2-10(20)3-5-19;/h6-8,10,20H,2-5H2,1H3;1H. The van der Waals surface area contributed by atoms with E-state index in [9.17, 15) is 5.11 Å². The summed E-state index contributed by atoms with van der Waals surface area (Å²) in [5, 5.41) is 13.9. The van der Waals surface area contributed by atoms with Gasteiger partial charge in [0.2, 0.25) is 5.28 Å². The molecule has 2 aromatic heterocycles. The lowest BCUT2D eigenvalue weighted by Gasteiger charge is -2.30. The molecule has 0 spiro atoms. The first kappa shape index (κ1) is 16.0. The first-order chi connectivity index (χ1) is 9.61. The van der Waals surface area contributed by atoms with Gasteiger partial charge in [-0.1, -0.05) is 0 Å². The van der Waals surface area contributed by atoms with Crippen LogP contribution in [0.4, 0.5) is 5.82 Å². The topological polar surface area (TPSA) is 67.1 Å². The van der Waals surface area contributed by atoms with E-state index < -0.39 is 0 Å². The van der Waals surface area contributed by atoms with Crippen molar-refractivity contribution >= 4 is 29.8 Å². The highest BCUT2D eigenvalue weighted by Crippen LogP contribution is 2.25. The smallest absolute Gasteiger partial charge is 0.224 e. The fourth-order valence-corrected chi connectivity index (χ4v) is 2.54. The Labute approximate surface area is 134 Å². The number of halogens is 2. The number of aromatic nitrogens is 4. The number of aryl methyl sites for hydroxylation is 1. The van der Waals surface area contributed by atoms with Crippen molar-refractivity contribution in [2.45, 2.75) is 18.9 Å². The highest BCUT2D eigenvalue weighted by Gasteiger charge is 2.19. The molecule has 3 rings (SSSR count). The number of aliphatic hydroxyl groups excluding tert-OH is 1. The van der Waals surface area contributed by atoms with Gasteiger partial charge in [0.05, 0.1) is 18.0 Å². The molecule has 0 aliphatic carbocycles. The summed E-state index contributed by atoms with van der Waals surface area (Å²) in [5.74, 6) is 0.802. The van der Waals surface area contributed by atoms with E-state index in [1.54, 1.807) is 10.9 Å². The monoisotopic (exact) mass is 329 g/mol. The Morgan fingerprint density at radius 3 is 2.62 bits per heavy atom. The Morgan fingerprint density at radius 2 is 2.00 bits per heavy atom. The molecule has 21 heavy (non-hydrogen) atoms. The SMILES string of the molecule is Cl.Cn1cc(-c2cc(N3CCC(O)CC3)nc(Cl)n2)cn1. The summed E-state index contributed by atoms with van der Waals surface area (Å²) in [5.41, 5.74) is 1.68. The van der Waals surface area contributed by atoms with E-state index in [0.717, 1.165) is 43.0 Å². The Morgan fingerprint density at radius 1 is 1.29 bits per heavy atom. The quantitative estimate of drug-likeness (QED) is 0.852. The zero-order valence-corrected chi connectivity index (χ0v) is 13.2. The minimum absolute atomic E-state index is 0. The Kier molecular flexibility index (Phi) is 5.03. The van der Waals surface area contributed by atoms with E-state index in [1.165, 1.54) is 0 Å². The van der Waals surface area contributed by atoms with Crippen LogP contribution in [-0.2, 0) is 7.05 Å². The third-order valence-corrected chi connectivity index (χ3v) is 3.64. The van der Waals surface area contributed by atoms with Gasteiger partial charge in [0.1, 0.15) is 5.82 Å². The second-order valence-electron chi connectivity index (χ2n) is 5.00. The van der Waals surface area contributed by atoms with Crippen LogP contribution in [0.1, 0.15) is 12.8 Å². The molecule has 1 aliphatic heterocycles. The van der Waals surface area contributed by atoms with Gasteiger partial charge in [-0.3, -0.25) is 4.68 Å². The maximum absolute atomic E-state index is 9.57. The number of nitrogens with zero attached hydrogens (tertiary/aromatic N) is 5. The van der Waals surface area contributed by atoms with Crippen LogP contribution in [0.2, 0.25) is 5.28 Å². The van der Waals surface area contributed by atoms with Crippen LogP contribution < -0.4 is 4.90 Å². The first-order valence-corrected chi connectivity index (χ1v) is 6.96. The predicted octanol–water partition coefficient (Wildman–Crippen LogP) is 1.91. The van der Waals surface area contributed by atoms with Crippen molar-refractivity contribution in [2.75, 3.05) is 18.0 Å². The maximum Gasteiger partial charge on any atom is 0.224 e. The molecule has 0 saturated carbocycles. The summed E-state index contributed by atoms with van der Waals surface area (Å²) >= 11 is 6.03. The van der Waals surface area contributed by atoms with Crippen LogP contribution in [0.5, 0.6) is 0 Å². The second-order valence-corrected chi connectivity index (χ2v) is 5.34. The second kappa shape index (κ2) is 6.60. The average Bonchev–Trinajstić information content (AvgIpc) is 2.85. The molecule has 3 heterocycles. The summed E-state index contributed by atoms with van der Waals surface area (Å²) in [4.78, 5) is 10.7. The van der Waals surface area contributed by atoms with Gasteiger partial charge in [0.15, 0.2) is 0 Å². The highest BCUT2D eigenvalue weighted by atomic mass is 35.5. The molecule has 1 fully saturated rings. The van der Waals surface area contributed by atoms with E-state index in [2.05, 4.69) is 20.0 Å². The Balaban J connectivity index is 0.00000161. The van der Waals surface area contributed by atoms with Crippen LogP contribution >= 0.6 is 24.0 Å². The lowest BCUT2D eigenvalue weighted by atomic mass is 10.1. The minimum Gasteiger partial charge on any atom is -0.393 e. The van der Waals surface area contributed by atoms with Gasteiger partial charge in [-0.2, -0.15) is 5.10 Å². The number of aliphatic hydroxyl groups is 1. The van der Waals surface area contributed by atoms with E-state index in [4.69, 9.17) is 11.6 Å². The molecular formula is C13H17Cl2N5O. The van der Waals surface area contributed by atoms with Gasteiger partial charge in [0.25, 0.3) is 0 Å². The zero-order valence-electron chi connectivity index (χ0n) is 11.6. The van der Waals surface area contributed by atoms with Gasteiger partial charge in [0, 0.05) is 38.0 Å². The first-order valence-electron chi connectivity index (χ1n) is 6.58. The molecule has 0 radical (unpaired) electrons. The molecular weight excluding hydrogens is 313 g/mol. The molecule has 0 atom stereocenters. The van der Waals surface area contributed by atoms with Crippen molar-refractivity contribution in [3.05, 3.63) is 23.7 Å². The fraction of sp³-hybridized carbons (Fsp3) is 0.462. The predicted molar refractivity (Wildman–Crippen MR) is 83.9 cm³/mol. The normalized spacial score (nSPS) is 15.9.